The van der Waals surface area contributed by atoms with Gasteiger partial charge in [-0.15, -0.1) is 13.2 Å². The van der Waals surface area contributed by atoms with Crippen LogP contribution in [-0.4, -0.2) is 24.9 Å². The minimum Gasteiger partial charge on any atom is -0.426 e. The average molecular weight is 354 g/mol. The van der Waals surface area contributed by atoms with Crippen molar-refractivity contribution in [2.75, 3.05) is 0 Å². The zero-order chi connectivity index (χ0) is 18.2. The van der Waals surface area contributed by atoms with Crippen LogP contribution in [0.15, 0.2) is 48.4 Å². The van der Waals surface area contributed by atoms with Crippen molar-refractivity contribution in [3.8, 4) is 11.5 Å². The third kappa shape index (κ3) is 6.35. The van der Waals surface area contributed by atoms with Crippen LogP contribution in [-0.2, 0) is 19.7 Å². The molecule has 0 aliphatic heterocycles. The van der Waals surface area contributed by atoms with E-state index in [9.17, 15) is 22.6 Å². The van der Waals surface area contributed by atoms with Crippen LogP contribution in [0.2, 0.25) is 0 Å². The van der Waals surface area contributed by atoms with Gasteiger partial charge >= 0.3 is 11.9 Å². The van der Waals surface area contributed by atoms with Crippen molar-refractivity contribution >= 4 is 22.1 Å². The standard InChI is InChI=1S/C16H18O7S/c1-3-5-7-15(17)22-12-9-10-13(14(11-12)24(19,20)21)23-16(18)8-6-4-2/h3-4,9-11H,1-2,5-8H2,(H,19,20,21). The van der Waals surface area contributed by atoms with Crippen LogP contribution in [0.5, 0.6) is 11.5 Å². The fourth-order valence-corrected chi connectivity index (χ4v) is 2.26. The molecule has 0 bridgehead atoms. The van der Waals surface area contributed by atoms with Crippen molar-refractivity contribution in [3.05, 3.63) is 43.5 Å². The maximum atomic E-state index is 11.6. The summed E-state index contributed by atoms with van der Waals surface area (Å²) in [6.07, 6.45) is 3.89. The van der Waals surface area contributed by atoms with Crippen molar-refractivity contribution in [1.29, 1.82) is 0 Å². The molecule has 1 aromatic rings. The molecule has 0 spiro atoms. The average Bonchev–Trinajstić information content (AvgIpc) is 2.51. The highest BCUT2D eigenvalue weighted by Crippen LogP contribution is 2.29. The fraction of sp³-hybridized carbons (Fsp3) is 0.250. The molecule has 0 radical (unpaired) electrons. The van der Waals surface area contributed by atoms with Crippen LogP contribution >= 0.6 is 0 Å². The van der Waals surface area contributed by atoms with Crippen LogP contribution < -0.4 is 9.47 Å². The molecule has 0 aliphatic rings. The maximum Gasteiger partial charge on any atom is 0.311 e. The number of ether oxygens (including phenoxy) is 2. The number of hydrogen-bond acceptors (Lipinski definition) is 6. The molecule has 1 rings (SSSR count). The smallest absolute Gasteiger partial charge is 0.311 e. The first-order valence-corrected chi connectivity index (χ1v) is 8.46. The molecule has 0 fully saturated rings. The van der Waals surface area contributed by atoms with E-state index in [0.29, 0.717) is 12.8 Å². The molecule has 0 atom stereocenters. The first-order chi connectivity index (χ1) is 11.3. The van der Waals surface area contributed by atoms with E-state index in [0.717, 1.165) is 12.1 Å². The molecule has 130 valence electrons. The topological polar surface area (TPSA) is 107 Å². The number of esters is 2. The van der Waals surface area contributed by atoms with E-state index in [2.05, 4.69) is 13.2 Å². The summed E-state index contributed by atoms with van der Waals surface area (Å²) in [5.74, 6) is -1.72. The molecular formula is C16H18O7S. The Hall–Kier alpha value is -2.45. The molecule has 0 aliphatic carbocycles. The van der Waals surface area contributed by atoms with Gasteiger partial charge in [0.1, 0.15) is 10.6 Å². The van der Waals surface area contributed by atoms with Crippen molar-refractivity contribution < 1.29 is 32.0 Å². The Morgan fingerprint density at radius 3 is 2.08 bits per heavy atom. The van der Waals surface area contributed by atoms with E-state index in [1.807, 2.05) is 0 Å². The summed E-state index contributed by atoms with van der Waals surface area (Å²) in [6.45, 7) is 6.93. The van der Waals surface area contributed by atoms with Gasteiger partial charge in [-0.25, -0.2) is 0 Å². The summed E-state index contributed by atoms with van der Waals surface area (Å²) in [5, 5.41) is 0. The minimum atomic E-state index is -4.68. The molecule has 0 saturated heterocycles. The van der Waals surface area contributed by atoms with E-state index in [-0.39, 0.29) is 24.3 Å². The summed E-state index contributed by atoms with van der Waals surface area (Å²) in [5.41, 5.74) is 0. The number of allylic oxidation sites excluding steroid dienone is 2. The fourth-order valence-electron chi connectivity index (χ4n) is 1.63. The van der Waals surface area contributed by atoms with Crippen LogP contribution in [0.4, 0.5) is 0 Å². The molecule has 1 N–H and O–H groups in total. The first-order valence-electron chi connectivity index (χ1n) is 7.02. The molecular weight excluding hydrogens is 336 g/mol. The highest BCUT2D eigenvalue weighted by Gasteiger charge is 2.21. The monoisotopic (exact) mass is 354 g/mol. The summed E-state index contributed by atoms with van der Waals surface area (Å²) < 4.78 is 42.1. The van der Waals surface area contributed by atoms with E-state index in [1.165, 1.54) is 18.2 Å². The second-order valence-electron chi connectivity index (χ2n) is 4.69. The van der Waals surface area contributed by atoms with Gasteiger partial charge in [0.05, 0.1) is 0 Å². The number of rotatable bonds is 9. The largest absolute Gasteiger partial charge is 0.426 e. The van der Waals surface area contributed by atoms with Crippen LogP contribution in [0.25, 0.3) is 0 Å². The lowest BCUT2D eigenvalue weighted by Crippen LogP contribution is -2.12. The molecule has 0 amide bonds. The van der Waals surface area contributed by atoms with Crippen LogP contribution in [0.1, 0.15) is 25.7 Å². The molecule has 0 saturated carbocycles. The van der Waals surface area contributed by atoms with E-state index < -0.39 is 27.0 Å². The van der Waals surface area contributed by atoms with Crippen molar-refractivity contribution in [1.82, 2.24) is 0 Å². The quantitative estimate of drug-likeness (QED) is 0.314. The lowest BCUT2D eigenvalue weighted by atomic mass is 10.3. The van der Waals surface area contributed by atoms with Gasteiger partial charge in [-0.3, -0.25) is 14.1 Å². The molecule has 0 aromatic heterocycles. The van der Waals surface area contributed by atoms with Gasteiger partial charge in [0.2, 0.25) is 0 Å². The van der Waals surface area contributed by atoms with Gasteiger partial charge in [-0.2, -0.15) is 8.42 Å². The second kappa shape index (κ2) is 8.99. The molecule has 7 nitrogen and oxygen atoms in total. The molecule has 1 aromatic carbocycles. The van der Waals surface area contributed by atoms with E-state index in [1.54, 1.807) is 0 Å². The molecule has 8 heteroatoms. The molecule has 0 heterocycles. The van der Waals surface area contributed by atoms with Gasteiger partial charge < -0.3 is 9.47 Å². The number of carbonyl (C=O) groups excluding carboxylic acids is 2. The Balaban J connectivity index is 3.01. The van der Waals surface area contributed by atoms with Crippen molar-refractivity contribution in [2.24, 2.45) is 0 Å². The van der Waals surface area contributed by atoms with Gasteiger partial charge in [-0.05, 0) is 25.0 Å². The van der Waals surface area contributed by atoms with E-state index in [4.69, 9.17) is 9.47 Å². The predicted molar refractivity (Wildman–Crippen MR) is 86.4 cm³/mol. The summed E-state index contributed by atoms with van der Waals surface area (Å²) in [7, 11) is -4.68. The van der Waals surface area contributed by atoms with Crippen LogP contribution in [0, 0.1) is 0 Å². The first kappa shape index (κ1) is 19.6. The van der Waals surface area contributed by atoms with E-state index >= 15 is 0 Å². The second-order valence-corrected chi connectivity index (χ2v) is 6.08. The SMILES string of the molecule is C=CCCC(=O)Oc1ccc(OC(=O)CCC=C)c(S(=O)(=O)O)c1. The van der Waals surface area contributed by atoms with Gasteiger partial charge in [-0.1, -0.05) is 12.2 Å². The summed E-state index contributed by atoms with van der Waals surface area (Å²) >= 11 is 0. The number of hydrogen-bond donors (Lipinski definition) is 1. The highest BCUT2D eigenvalue weighted by atomic mass is 32.2. The Kier molecular flexibility index (Phi) is 7.34. The summed E-state index contributed by atoms with van der Waals surface area (Å²) in [4.78, 5) is 22.5. The number of carbonyl (C=O) groups is 2. The minimum absolute atomic E-state index is 0.00665. The zero-order valence-corrected chi connectivity index (χ0v) is 13.8. The molecule has 0 unspecified atom stereocenters. The maximum absolute atomic E-state index is 11.6. The normalized spacial score (nSPS) is 10.7. The third-order valence-corrected chi connectivity index (χ3v) is 3.63. The van der Waals surface area contributed by atoms with Crippen molar-refractivity contribution in [3.63, 3.8) is 0 Å². The van der Waals surface area contributed by atoms with Gasteiger partial charge in [0.15, 0.2) is 5.75 Å². The third-order valence-electron chi connectivity index (χ3n) is 2.75. The lowest BCUT2D eigenvalue weighted by molar-refractivity contribution is -0.135. The summed E-state index contributed by atoms with van der Waals surface area (Å²) in [6, 6.07) is 3.30. The predicted octanol–water partition coefficient (Wildman–Crippen LogP) is 2.68. The Labute approximate surface area is 140 Å². The Morgan fingerprint density at radius 2 is 1.58 bits per heavy atom. The van der Waals surface area contributed by atoms with Gasteiger partial charge in [0.25, 0.3) is 10.1 Å². The van der Waals surface area contributed by atoms with Gasteiger partial charge in [0, 0.05) is 18.9 Å². The van der Waals surface area contributed by atoms with Crippen LogP contribution in [0.3, 0.4) is 0 Å². The lowest BCUT2D eigenvalue weighted by Gasteiger charge is -2.10. The molecule has 24 heavy (non-hydrogen) atoms. The highest BCUT2D eigenvalue weighted by molar-refractivity contribution is 7.86. The Morgan fingerprint density at radius 1 is 1.04 bits per heavy atom. The Bertz CT molecular complexity index is 735. The zero-order valence-electron chi connectivity index (χ0n) is 12.9. The van der Waals surface area contributed by atoms with Crippen molar-refractivity contribution in [2.45, 2.75) is 30.6 Å². The number of benzene rings is 1.